The van der Waals surface area contributed by atoms with Crippen molar-refractivity contribution >= 4 is 5.97 Å². The zero-order valence-electron chi connectivity index (χ0n) is 11.9. The maximum Gasteiger partial charge on any atom is 0.371 e. The van der Waals surface area contributed by atoms with Gasteiger partial charge in [-0.3, -0.25) is 0 Å². The average Bonchev–Trinajstić information content (AvgIpc) is 2.84. The summed E-state index contributed by atoms with van der Waals surface area (Å²) in [5.41, 5.74) is 7.04. The van der Waals surface area contributed by atoms with Gasteiger partial charge in [-0.1, -0.05) is 0 Å². The van der Waals surface area contributed by atoms with Gasteiger partial charge in [0.2, 0.25) is 5.76 Å². The summed E-state index contributed by atoms with van der Waals surface area (Å²) in [6, 6.07) is 3.23. The Balaban J connectivity index is 2.71. The fraction of sp³-hybridized carbons (Fsp3) is 0.312. The molecule has 0 fully saturated rings. The monoisotopic (exact) mass is 258 g/mol. The summed E-state index contributed by atoms with van der Waals surface area (Å²) in [5, 5.41) is 8.94. The van der Waals surface area contributed by atoms with Crippen LogP contribution in [0.15, 0.2) is 16.5 Å². The molecule has 0 saturated carbocycles. The van der Waals surface area contributed by atoms with Gasteiger partial charge >= 0.3 is 5.97 Å². The Morgan fingerprint density at radius 2 is 1.37 bits per heavy atom. The largest absolute Gasteiger partial charge is 0.475 e. The lowest BCUT2D eigenvalue weighted by Gasteiger charge is -2.17. The topological polar surface area (TPSA) is 50.4 Å². The standard InChI is InChI=1S/C16H18O3/c1-8-9(2)11(4)15(12(5)10(8)3)13-6-7-14(19-13)16(17)18/h6-7H,1-5H3,(H,17,18). The smallest absolute Gasteiger partial charge is 0.371 e. The highest BCUT2D eigenvalue weighted by atomic mass is 16.4. The molecule has 19 heavy (non-hydrogen) atoms. The third-order valence-corrected chi connectivity index (χ3v) is 4.06. The molecule has 1 heterocycles. The summed E-state index contributed by atoms with van der Waals surface area (Å²) in [6.07, 6.45) is 0. The molecule has 2 aromatic rings. The van der Waals surface area contributed by atoms with Gasteiger partial charge in [-0.05, 0) is 74.6 Å². The second-order valence-electron chi connectivity index (χ2n) is 4.97. The summed E-state index contributed by atoms with van der Waals surface area (Å²) in [6.45, 7) is 10.4. The molecule has 100 valence electrons. The van der Waals surface area contributed by atoms with Crippen molar-refractivity contribution in [3.63, 3.8) is 0 Å². The number of hydrogen-bond donors (Lipinski definition) is 1. The van der Waals surface area contributed by atoms with Gasteiger partial charge in [-0.15, -0.1) is 0 Å². The molecule has 0 spiro atoms. The van der Waals surface area contributed by atoms with E-state index in [-0.39, 0.29) is 5.76 Å². The molecule has 3 heteroatoms. The molecule has 0 bridgehead atoms. The Kier molecular flexibility index (Phi) is 3.23. The van der Waals surface area contributed by atoms with Gasteiger partial charge in [0.1, 0.15) is 5.76 Å². The van der Waals surface area contributed by atoms with Crippen LogP contribution >= 0.6 is 0 Å². The fourth-order valence-electron chi connectivity index (χ4n) is 2.46. The molecule has 0 atom stereocenters. The van der Waals surface area contributed by atoms with Crippen LogP contribution in [0.25, 0.3) is 11.3 Å². The first-order valence-corrected chi connectivity index (χ1v) is 6.25. The number of carboxylic acids is 1. The van der Waals surface area contributed by atoms with Crippen molar-refractivity contribution in [2.45, 2.75) is 34.6 Å². The molecule has 1 aromatic carbocycles. The first-order chi connectivity index (χ1) is 8.84. The molecule has 2 rings (SSSR count). The normalized spacial score (nSPS) is 10.8. The van der Waals surface area contributed by atoms with E-state index in [9.17, 15) is 4.79 Å². The first-order valence-electron chi connectivity index (χ1n) is 6.25. The quantitative estimate of drug-likeness (QED) is 0.878. The van der Waals surface area contributed by atoms with Crippen LogP contribution < -0.4 is 0 Å². The Morgan fingerprint density at radius 3 is 1.79 bits per heavy atom. The van der Waals surface area contributed by atoms with E-state index >= 15 is 0 Å². The maximum absolute atomic E-state index is 10.9. The third-order valence-electron chi connectivity index (χ3n) is 4.06. The van der Waals surface area contributed by atoms with Crippen molar-refractivity contribution < 1.29 is 14.3 Å². The molecule has 0 unspecified atom stereocenters. The predicted molar refractivity (Wildman–Crippen MR) is 74.8 cm³/mol. The van der Waals surface area contributed by atoms with E-state index in [4.69, 9.17) is 9.52 Å². The minimum Gasteiger partial charge on any atom is -0.475 e. The molecule has 0 aliphatic carbocycles. The van der Waals surface area contributed by atoms with Gasteiger partial charge in [0, 0.05) is 5.56 Å². The number of furan rings is 1. The zero-order valence-corrected chi connectivity index (χ0v) is 11.9. The first kappa shape index (κ1) is 13.4. The molecular formula is C16H18O3. The van der Waals surface area contributed by atoms with E-state index in [0.29, 0.717) is 5.76 Å². The van der Waals surface area contributed by atoms with Gasteiger partial charge < -0.3 is 9.52 Å². The van der Waals surface area contributed by atoms with Crippen molar-refractivity contribution in [2.24, 2.45) is 0 Å². The number of carbonyl (C=O) groups is 1. The zero-order chi connectivity index (χ0) is 14.3. The number of hydrogen-bond acceptors (Lipinski definition) is 2. The summed E-state index contributed by atoms with van der Waals surface area (Å²) < 4.78 is 5.44. The predicted octanol–water partition coefficient (Wildman–Crippen LogP) is 4.19. The number of aromatic carboxylic acids is 1. The maximum atomic E-state index is 10.9. The van der Waals surface area contributed by atoms with Crippen molar-refractivity contribution in [3.8, 4) is 11.3 Å². The minimum atomic E-state index is -1.04. The highest BCUT2D eigenvalue weighted by molar-refractivity contribution is 5.85. The number of benzene rings is 1. The van der Waals surface area contributed by atoms with Crippen LogP contribution in [0.1, 0.15) is 38.4 Å². The Morgan fingerprint density at radius 1 is 0.895 bits per heavy atom. The summed E-state index contributed by atoms with van der Waals surface area (Å²) in [4.78, 5) is 10.9. The minimum absolute atomic E-state index is 0.0234. The van der Waals surface area contributed by atoms with Crippen LogP contribution in [0.3, 0.4) is 0 Å². The summed E-state index contributed by atoms with van der Waals surface area (Å²) in [7, 11) is 0. The molecule has 3 nitrogen and oxygen atoms in total. The van der Waals surface area contributed by atoms with Gasteiger partial charge in [-0.2, -0.15) is 0 Å². The fourth-order valence-corrected chi connectivity index (χ4v) is 2.46. The SMILES string of the molecule is Cc1c(C)c(C)c(-c2ccc(C(=O)O)o2)c(C)c1C. The van der Waals surface area contributed by atoms with E-state index in [2.05, 4.69) is 20.8 Å². The van der Waals surface area contributed by atoms with Crippen molar-refractivity contribution in [2.75, 3.05) is 0 Å². The van der Waals surface area contributed by atoms with Crippen molar-refractivity contribution in [1.29, 1.82) is 0 Å². The molecule has 0 aliphatic rings. The molecule has 0 radical (unpaired) electrons. The summed E-state index contributed by atoms with van der Waals surface area (Å²) in [5.74, 6) is -0.439. The van der Waals surface area contributed by atoms with E-state index in [1.54, 1.807) is 6.07 Å². The molecule has 0 amide bonds. The van der Waals surface area contributed by atoms with Crippen LogP contribution in [-0.2, 0) is 0 Å². The van der Waals surface area contributed by atoms with Crippen molar-refractivity contribution in [3.05, 3.63) is 45.7 Å². The van der Waals surface area contributed by atoms with Crippen LogP contribution in [-0.4, -0.2) is 11.1 Å². The molecule has 0 aliphatic heterocycles. The Hall–Kier alpha value is -2.03. The van der Waals surface area contributed by atoms with E-state index in [1.807, 2.05) is 13.8 Å². The van der Waals surface area contributed by atoms with Gasteiger partial charge in [0.15, 0.2) is 0 Å². The van der Waals surface area contributed by atoms with Crippen molar-refractivity contribution in [1.82, 2.24) is 0 Å². The lowest BCUT2D eigenvalue weighted by atomic mass is 9.88. The highest BCUT2D eigenvalue weighted by Crippen LogP contribution is 2.34. The van der Waals surface area contributed by atoms with Crippen LogP contribution in [0.4, 0.5) is 0 Å². The highest BCUT2D eigenvalue weighted by Gasteiger charge is 2.17. The van der Waals surface area contributed by atoms with E-state index in [0.717, 1.165) is 16.7 Å². The second-order valence-corrected chi connectivity index (χ2v) is 4.97. The van der Waals surface area contributed by atoms with Gasteiger partial charge in [0.05, 0.1) is 0 Å². The molecule has 1 aromatic heterocycles. The van der Waals surface area contributed by atoms with E-state index in [1.165, 1.54) is 22.8 Å². The molecule has 1 N–H and O–H groups in total. The Bertz CT molecular complexity index is 634. The van der Waals surface area contributed by atoms with Crippen LogP contribution in [0.5, 0.6) is 0 Å². The van der Waals surface area contributed by atoms with Crippen LogP contribution in [0, 0.1) is 34.6 Å². The van der Waals surface area contributed by atoms with E-state index < -0.39 is 5.97 Å². The number of rotatable bonds is 2. The average molecular weight is 258 g/mol. The molecule has 0 saturated heterocycles. The number of carboxylic acid groups (broad SMARTS) is 1. The van der Waals surface area contributed by atoms with Gasteiger partial charge in [-0.25, -0.2) is 4.79 Å². The second kappa shape index (κ2) is 4.57. The third kappa shape index (κ3) is 2.05. The lowest BCUT2D eigenvalue weighted by molar-refractivity contribution is 0.0663. The summed E-state index contributed by atoms with van der Waals surface area (Å²) >= 11 is 0. The lowest BCUT2D eigenvalue weighted by Crippen LogP contribution is -1.99. The Labute approximate surface area is 112 Å². The van der Waals surface area contributed by atoms with Crippen LogP contribution in [0.2, 0.25) is 0 Å². The van der Waals surface area contributed by atoms with Gasteiger partial charge in [0.25, 0.3) is 0 Å². The molecular weight excluding hydrogens is 240 g/mol.